The molecule has 1 aliphatic heterocycles. The van der Waals surface area contributed by atoms with Crippen LogP contribution in [0.4, 0.5) is 0 Å². The van der Waals surface area contributed by atoms with Crippen LogP contribution in [0.1, 0.15) is 38.7 Å². The second-order valence-electron chi connectivity index (χ2n) is 7.52. The summed E-state index contributed by atoms with van der Waals surface area (Å²) in [7, 11) is 1.92. The Bertz CT molecular complexity index is 503. The maximum atomic E-state index is 12.7. The highest BCUT2D eigenvalue weighted by molar-refractivity contribution is 5.78. The van der Waals surface area contributed by atoms with E-state index in [0.29, 0.717) is 5.92 Å². The normalized spacial score (nSPS) is 20.1. The van der Waals surface area contributed by atoms with Gasteiger partial charge in [0, 0.05) is 32.7 Å². The van der Waals surface area contributed by atoms with Crippen molar-refractivity contribution in [1.82, 2.24) is 9.80 Å². The van der Waals surface area contributed by atoms with Gasteiger partial charge < -0.3 is 10.6 Å². The molecule has 4 nitrogen and oxygen atoms in total. The molecule has 0 bridgehead atoms. The summed E-state index contributed by atoms with van der Waals surface area (Å²) in [5, 5.41) is 0. The fourth-order valence-electron chi connectivity index (χ4n) is 3.34. The minimum absolute atomic E-state index is 0.128. The number of rotatable bonds is 7. The number of carbonyl (C=O) groups is 1. The number of nitrogens with two attached hydrogens (primary N) is 1. The van der Waals surface area contributed by atoms with Gasteiger partial charge in [-0.1, -0.05) is 44.2 Å². The van der Waals surface area contributed by atoms with Crippen LogP contribution >= 0.6 is 0 Å². The molecule has 1 aromatic carbocycles. The molecule has 1 heterocycles. The molecule has 0 aliphatic carbocycles. The Morgan fingerprint density at radius 1 is 1.33 bits per heavy atom. The Morgan fingerprint density at radius 2 is 2.04 bits per heavy atom. The van der Waals surface area contributed by atoms with Crippen LogP contribution in [0.3, 0.4) is 0 Å². The minimum Gasteiger partial charge on any atom is -0.345 e. The second-order valence-corrected chi connectivity index (χ2v) is 7.52. The molecule has 1 amide bonds. The van der Waals surface area contributed by atoms with Gasteiger partial charge in [0.05, 0.1) is 5.92 Å². The summed E-state index contributed by atoms with van der Waals surface area (Å²) in [5.74, 6) is 0.871. The lowest BCUT2D eigenvalue weighted by atomic mass is 9.95. The third-order valence-electron chi connectivity index (χ3n) is 5.13. The van der Waals surface area contributed by atoms with Crippen molar-refractivity contribution >= 4 is 5.91 Å². The van der Waals surface area contributed by atoms with E-state index in [1.807, 2.05) is 18.0 Å². The molecule has 2 atom stereocenters. The number of likely N-dealkylation sites (tertiary alicyclic amines) is 1. The Kier molecular flexibility index (Phi) is 7.25. The van der Waals surface area contributed by atoms with Crippen molar-refractivity contribution in [2.45, 2.75) is 45.7 Å². The van der Waals surface area contributed by atoms with Gasteiger partial charge >= 0.3 is 0 Å². The predicted molar refractivity (Wildman–Crippen MR) is 99.5 cm³/mol. The van der Waals surface area contributed by atoms with E-state index >= 15 is 0 Å². The van der Waals surface area contributed by atoms with Gasteiger partial charge in [0.15, 0.2) is 0 Å². The first kappa shape index (κ1) is 18.9. The Labute approximate surface area is 147 Å². The van der Waals surface area contributed by atoms with E-state index in [-0.39, 0.29) is 17.9 Å². The molecule has 0 aromatic heterocycles. The van der Waals surface area contributed by atoms with E-state index in [4.69, 9.17) is 5.73 Å². The predicted octanol–water partition coefficient (Wildman–Crippen LogP) is 2.73. The summed E-state index contributed by atoms with van der Waals surface area (Å²) in [6, 6.07) is 10.7. The lowest BCUT2D eigenvalue weighted by molar-refractivity contribution is -0.136. The molecule has 1 fully saturated rings. The topological polar surface area (TPSA) is 49.6 Å². The minimum atomic E-state index is 0.128. The monoisotopic (exact) mass is 331 g/mol. The van der Waals surface area contributed by atoms with Crippen LogP contribution in [0.2, 0.25) is 0 Å². The first-order chi connectivity index (χ1) is 11.5. The number of hydrogen-bond acceptors (Lipinski definition) is 3. The highest BCUT2D eigenvalue weighted by Gasteiger charge is 2.28. The van der Waals surface area contributed by atoms with Crippen molar-refractivity contribution in [3.05, 3.63) is 35.9 Å². The maximum absolute atomic E-state index is 12.7. The Hall–Kier alpha value is -1.39. The summed E-state index contributed by atoms with van der Waals surface area (Å²) in [5.41, 5.74) is 7.43. The molecule has 2 rings (SSSR count). The summed E-state index contributed by atoms with van der Waals surface area (Å²) in [6.07, 6.45) is 2.98. The van der Waals surface area contributed by atoms with Crippen LogP contribution in [-0.2, 0) is 11.3 Å². The number of benzene rings is 1. The summed E-state index contributed by atoms with van der Waals surface area (Å²) < 4.78 is 0. The molecule has 1 aliphatic rings. The third kappa shape index (κ3) is 5.60. The molecule has 0 spiro atoms. The highest BCUT2D eigenvalue weighted by Crippen LogP contribution is 2.20. The van der Waals surface area contributed by atoms with Crippen molar-refractivity contribution in [2.24, 2.45) is 17.6 Å². The van der Waals surface area contributed by atoms with E-state index in [2.05, 4.69) is 43.0 Å². The molecule has 134 valence electrons. The van der Waals surface area contributed by atoms with Gasteiger partial charge in [0.25, 0.3) is 0 Å². The molecule has 2 N–H and O–H groups in total. The maximum Gasteiger partial charge on any atom is 0.226 e. The Morgan fingerprint density at radius 3 is 2.71 bits per heavy atom. The molecule has 0 saturated carbocycles. The third-order valence-corrected chi connectivity index (χ3v) is 5.13. The van der Waals surface area contributed by atoms with E-state index in [1.54, 1.807) is 0 Å². The molecule has 0 radical (unpaired) electrons. The standard InChI is InChI=1S/C20H33N3O/c1-16(2)19(21)11-13-22(3)20(24)18-10-7-12-23(15-18)14-17-8-5-4-6-9-17/h4-6,8-9,16,18-19H,7,10-15,21H2,1-3H3. The van der Waals surface area contributed by atoms with E-state index in [1.165, 1.54) is 5.56 Å². The number of nitrogens with zero attached hydrogens (tertiary/aromatic N) is 2. The van der Waals surface area contributed by atoms with Crippen LogP contribution in [0.15, 0.2) is 30.3 Å². The zero-order chi connectivity index (χ0) is 17.5. The van der Waals surface area contributed by atoms with Crippen LogP contribution < -0.4 is 5.73 Å². The number of amides is 1. The summed E-state index contributed by atoms with van der Waals surface area (Å²) >= 11 is 0. The smallest absolute Gasteiger partial charge is 0.226 e. The largest absolute Gasteiger partial charge is 0.345 e. The van der Waals surface area contributed by atoms with Crippen molar-refractivity contribution in [1.29, 1.82) is 0 Å². The molecule has 1 saturated heterocycles. The zero-order valence-corrected chi connectivity index (χ0v) is 15.4. The number of carbonyl (C=O) groups excluding carboxylic acids is 1. The van der Waals surface area contributed by atoms with Crippen molar-refractivity contribution in [3.63, 3.8) is 0 Å². The van der Waals surface area contributed by atoms with Crippen molar-refractivity contribution in [3.8, 4) is 0 Å². The van der Waals surface area contributed by atoms with Gasteiger partial charge in [-0.05, 0) is 37.3 Å². The zero-order valence-electron chi connectivity index (χ0n) is 15.4. The fraction of sp³-hybridized carbons (Fsp3) is 0.650. The van der Waals surface area contributed by atoms with Gasteiger partial charge in [0.2, 0.25) is 5.91 Å². The first-order valence-corrected chi connectivity index (χ1v) is 9.24. The van der Waals surface area contributed by atoms with E-state index < -0.39 is 0 Å². The van der Waals surface area contributed by atoms with Crippen molar-refractivity contribution < 1.29 is 4.79 Å². The van der Waals surface area contributed by atoms with Gasteiger partial charge in [-0.25, -0.2) is 0 Å². The number of hydrogen-bond donors (Lipinski definition) is 1. The van der Waals surface area contributed by atoms with Crippen LogP contribution in [0, 0.1) is 11.8 Å². The fourth-order valence-corrected chi connectivity index (χ4v) is 3.34. The average molecular weight is 332 g/mol. The van der Waals surface area contributed by atoms with Crippen LogP contribution in [-0.4, -0.2) is 48.4 Å². The van der Waals surface area contributed by atoms with Gasteiger partial charge in [-0.15, -0.1) is 0 Å². The second kappa shape index (κ2) is 9.19. The Balaban J connectivity index is 1.83. The van der Waals surface area contributed by atoms with Gasteiger partial charge in [-0.3, -0.25) is 9.69 Å². The van der Waals surface area contributed by atoms with Crippen molar-refractivity contribution in [2.75, 3.05) is 26.7 Å². The van der Waals surface area contributed by atoms with E-state index in [0.717, 1.165) is 45.4 Å². The molecule has 4 heteroatoms. The van der Waals surface area contributed by atoms with Gasteiger partial charge in [-0.2, -0.15) is 0 Å². The molecular formula is C20H33N3O. The first-order valence-electron chi connectivity index (χ1n) is 9.24. The van der Waals surface area contributed by atoms with Gasteiger partial charge in [0.1, 0.15) is 0 Å². The van der Waals surface area contributed by atoms with Crippen LogP contribution in [0.5, 0.6) is 0 Å². The SMILES string of the molecule is CC(C)C(N)CCN(C)C(=O)C1CCCN(Cc2ccccc2)C1. The summed E-state index contributed by atoms with van der Waals surface area (Å²) in [4.78, 5) is 17.0. The number of piperidine rings is 1. The molecule has 2 unspecified atom stereocenters. The van der Waals surface area contributed by atoms with E-state index in [9.17, 15) is 4.79 Å². The van der Waals surface area contributed by atoms with Crippen LogP contribution in [0.25, 0.3) is 0 Å². The molecule has 1 aromatic rings. The quantitative estimate of drug-likeness (QED) is 0.836. The lowest BCUT2D eigenvalue weighted by Crippen LogP contribution is -2.44. The molecule has 24 heavy (non-hydrogen) atoms. The molecular weight excluding hydrogens is 298 g/mol. The lowest BCUT2D eigenvalue weighted by Gasteiger charge is -2.34. The summed E-state index contributed by atoms with van der Waals surface area (Å²) in [6.45, 7) is 7.92. The average Bonchev–Trinajstić information content (AvgIpc) is 2.59. The highest BCUT2D eigenvalue weighted by atomic mass is 16.2.